The van der Waals surface area contributed by atoms with Crippen molar-refractivity contribution >= 4 is 28.3 Å². The molecule has 0 aliphatic carbocycles. The van der Waals surface area contributed by atoms with Gasteiger partial charge in [0.15, 0.2) is 0 Å². The Hall–Kier alpha value is -3.21. The number of carbonyl (C=O) groups excluding carboxylic acids is 1. The number of nitro groups is 1. The standard InChI is InChI=1S/C15H15N5O3/c1-15(2,14(17)21)8-18-13-5-9(7-16)11-6-10(20(22)23)3-4-12(11)19-13/h3-6H,8H2,1-2H3,(H2,17,21)(H,18,19). The minimum Gasteiger partial charge on any atom is -0.369 e. The normalized spacial score (nSPS) is 11.0. The van der Waals surface area contributed by atoms with Crippen molar-refractivity contribution in [3.8, 4) is 6.07 Å². The number of fused-ring (bicyclic) bond motifs is 1. The van der Waals surface area contributed by atoms with E-state index in [1.54, 1.807) is 13.8 Å². The van der Waals surface area contributed by atoms with Gasteiger partial charge in [-0.2, -0.15) is 5.26 Å². The summed E-state index contributed by atoms with van der Waals surface area (Å²) >= 11 is 0. The number of carbonyl (C=O) groups is 1. The lowest BCUT2D eigenvalue weighted by molar-refractivity contribution is -0.384. The van der Waals surface area contributed by atoms with E-state index >= 15 is 0 Å². The number of primary amides is 1. The van der Waals surface area contributed by atoms with Crippen LogP contribution in [0.2, 0.25) is 0 Å². The van der Waals surface area contributed by atoms with E-state index in [2.05, 4.69) is 10.3 Å². The first-order valence-corrected chi connectivity index (χ1v) is 6.77. The molecular formula is C15H15N5O3. The number of benzene rings is 1. The van der Waals surface area contributed by atoms with E-state index in [1.807, 2.05) is 6.07 Å². The molecule has 0 aliphatic rings. The van der Waals surface area contributed by atoms with Crippen LogP contribution in [0.15, 0.2) is 24.3 Å². The summed E-state index contributed by atoms with van der Waals surface area (Å²) in [5.74, 6) is -0.0563. The molecule has 1 amide bonds. The second-order valence-electron chi connectivity index (χ2n) is 5.73. The average molecular weight is 313 g/mol. The Morgan fingerprint density at radius 3 is 2.74 bits per heavy atom. The van der Waals surface area contributed by atoms with Crippen molar-refractivity contribution in [2.75, 3.05) is 11.9 Å². The molecule has 8 heteroatoms. The molecule has 23 heavy (non-hydrogen) atoms. The Bertz CT molecular complexity index is 839. The predicted molar refractivity (Wildman–Crippen MR) is 84.6 cm³/mol. The molecule has 0 spiro atoms. The number of hydrogen-bond acceptors (Lipinski definition) is 6. The molecular weight excluding hydrogens is 298 g/mol. The zero-order valence-electron chi connectivity index (χ0n) is 12.7. The zero-order chi connectivity index (χ0) is 17.2. The number of nitrogens with one attached hydrogen (secondary N) is 1. The minimum atomic E-state index is -0.779. The van der Waals surface area contributed by atoms with Crippen molar-refractivity contribution in [2.24, 2.45) is 11.1 Å². The topological polar surface area (TPSA) is 135 Å². The molecule has 0 bridgehead atoms. The zero-order valence-corrected chi connectivity index (χ0v) is 12.7. The van der Waals surface area contributed by atoms with Gasteiger partial charge in [-0.1, -0.05) is 0 Å². The van der Waals surface area contributed by atoms with E-state index in [0.717, 1.165) is 0 Å². The molecule has 0 fully saturated rings. The first-order valence-electron chi connectivity index (χ1n) is 6.77. The van der Waals surface area contributed by atoms with E-state index in [1.165, 1.54) is 24.3 Å². The summed E-state index contributed by atoms with van der Waals surface area (Å²) in [5, 5.41) is 23.5. The molecule has 1 heterocycles. The predicted octanol–water partition coefficient (Wildman–Crippen LogP) is 1.94. The maximum atomic E-state index is 11.3. The van der Waals surface area contributed by atoms with Gasteiger partial charge in [0, 0.05) is 24.1 Å². The number of nitriles is 1. The fourth-order valence-electron chi connectivity index (χ4n) is 1.91. The Morgan fingerprint density at radius 2 is 2.17 bits per heavy atom. The van der Waals surface area contributed by atoms with Crippen LogP contribution in [0, 0.1) is 26.9 Å². The maximum Gasteiger partial charge on any atom is 0.270 e. The van der Waals surface area contributed by atoms with Crippen LogP contribution >= 0.6 is 0 Å². The van der Waals surface area contributed by atoms with Crippen LogP contribution in [0.3, 0.4) is 0 Å². The highest BCUT2D eigenvalue weighted by molar-refractivity contribution is 5.88. The van der Waals surface area contributed by atoms with E-state index in [0.29, 0.717) is 16.7 Å². The number of amides is 1. The van der Waals surface area contributed by atoms with Gasteiger partial charge in [-0.15, -0.1) is 0 Å². The Morgan fingerprint density at radius 1 is 1.48 bits per heavy atom. The highest BCUT2D eigenvalue weighted by Gasteiger charge is 2.24. The average Bonchev–Trinajstić information content (AvgIpc) is 2.51. The number of nitrogens with two attached hydrogens (primary N) is 1. The van der Waals surface area contributed by atoms with Gasteiger partial charge < -0.3 is 11.1 Å². The third-order valence-electron chi connectivity index (χ3n) is 3.50. The van der Waals surface area contributed by atoms with Crippen molar-refractivity contribution in [1.82, 2.24) is 4.98 Å². The molecule has 2 rings (SSSR count). The van der Waals surface area contributed by atoms with Crippen LogP contribution < -0.4 is 11.1 Å². The summed E-state index contributed by atoms with van der Waals surface area (Å²) in [4.78, 5) is 25.9. The van der Waals surface area contributed by atoms with Crippen molar-refractivity contribution in [1.29, 1.82) is 5.26 Å². The molecule has 2 aromatic rings. The summed E-state index contributed by atoms with van der Waals surface area (Å²) in [6.07, 6.45) is 0. The summed E-state index contributed by atoms with van der Waals surface area (Å²) in [6, 6.07) is 7.62. The van der Waals surface area contributed by atoms with Crippen LogP contribution in [0.25, 0.3) is 10.9 Å². The van der Waals surface area contributed by atoms with Crippen molar-refractivity contribution in [3.05, 3.63) is 39.9 Å². The van der Waals surface area contributed by atoms with E-state index in [4.69, 9.17) is 5.73 Å². The van der Waals surface area contributed by atoms with Gasteiger partial charge in [0.2, 0.25) is 5.91 Å². The summed E-state index contributed by atoms with van der Waals surface area (Å²) in [7, 11) is 0. The molecule has 3 N–H and O–H groups in total. The van der Waals surface area contributed by atoms with E-state index in [9.17, 15) is 20.2 Å². The summed E-state index contributed by atoms with van der Waals surface area (Å²) in [6.45, 7) is 3.63. The SMILES string of the molecule is CC(C)(CNc1cc(C#N)c2cc([N+](=O)[O-])ccc2n1)C(N)=O. The molecule has 0 atom stereocenters. The second-order valence-corrected chi connectivity index (χ2v) is 5.73. The highest BCUT2D eigenvalue weighted by atomic mass is 16.6. The largest absolute Gasteiger partial charge is 0.369 e. The van der Waals surface area contributed by atoms with Crippen molar-refractivity contribution < 1.29 is 9.72 Å². The van der Waals surface area contributed by atoms with Gasteiger partial charge in [0.05, 0.1) is 27.5 Å². The van der Waals surface area contributed by atoms with Gasteiger partial charge in [-0.05, 0) is 26.0 Å². The number of pyridine rings is 1. The first-order chi connectivity index (χ1) is 10.7. The minimum absolute atomic E-state index is 0.105. The highest BCUT2D eigenvalue weighted by Crippen LogP contribution is 2.25. The number of nitro benzene ring substituents is 1. The fraction of sp³-hybridized carbons (Fsp3) is 0.267. The Kier molecular flexibility index (Phi) is 4.14. The molecule has 1 aromatic heterocycles. The lowest BCUT2D eigenvalue weighted by Gasteiger charge is -2.21. The third-order valence-corrected chi connectivity index (χ3v) is 3.50. The first kappa shape index (κ1) is 16.2. The number of rotatable bonds is 5. The number of anilines is 1. The van der Waals surface area contributed by atoms with E-state index in [-0.39, 0.29) is 17.8 Å². The summed E-state index contributed by atoms with van der Waals surface area (Å²) in [5.41, 5.74) is 5.14. The molecule has 0 unspecified atom stereocenters. The van der Waals surface area contributed by atoms with Gasteiger partial charge in [-0.3, -0.25) is 14.9 Å². The lowest BCUT2D eigenvalue weighted by atomic mass is 9.93. The van der Waals surface area contributed by atoms with E-state index < -0.39 is 16.2 Å². The van der Waals surface area contributed by atoms with Crippen LogP contribution in [0.1, 0.15) is 19.4 Å². The monoisotopic (exact) mass is 313 g/mol. The quantitative estimate of drug-likeness (QED) is 0.639. The second kappa shape index (κ2) is 5.88. The molecule has 0 saturated carbocycles. The number of aromatic nitrogens is 1. The van der Waals surface area contributed by atoms with Gasteiger partial charge in [-0.25, -0.2) is 4.98 Å². The van der Waals surface area contributed by atoms with Gasteiger partial charge in [0.1, 0.15) is 5.82 Å². The number of non-ortho nitro benzene ring substituents is 1. The third kappa shape index (κ3) is 3.35. The molecule has 8 nitrogen and oxygen atoms in total. The van der Waals surface area contributed by atoms with Crippen molar-refractivity contribution in [3.63, 3.8) is 0 Å². The fourth-order valence-corrected chi connectivity index (χ4v) is 1.91. The van der Waals surface area contributed by atoms with Crippen LogP contribution in [-0.2, 0) is 4.79 Å². The number of nitrogens with zero attached hydrogens (tertiary/aromatic N) is 3. The Labute approximate surface area is 132 Å². The molecule has 0 aliphatic heterocycles. The lowest BCUT2D eigenvalue weighted by Crippen LogP contribution is -2.37. The van der Waals surface area contributed by atoms with Crippen LogP contribution in [0.4, 0.5) is 11.5 Å². The molecule has 0 radical (unpaired) electrons. The molecule has 0 saturated heterocycles. The van der Waals surface area contributed by atoms with Crippen LogP contribution in [0.5, 0.6) is 0 Å². The maximum absolute atomic E-state index is 11.3. The van der Waals surface area contributed by atoms with Crippen molar-refractivity contribution in [2.45, 2.75) is 13.8 Å². The number of hydrogen-bond donors (Lipinski definition) is 2. The molecule has 1 aromatic carbocycles. The van der Waals surface area contributed by atoms with Gasteiger partial charge >= 0.3 is 0 Å². The smallest absolute Gasteiger partial charge is 0.270 e. The summed E-state index contributed by atoms with van der Waals surface area (Å²) < 4.78 is 0. The molecule has 118 valence electrons. The Balaban J connectivity index is 2.41. The van der Waals surface area contributed by atoms with Gasteiger partial charge in [0.25, 0.3) is 5.69 Å². The van der Waals surface area contributed by atoms with Crippen LogP contribution in [-0.4, -0.2) is 22.4 Å².